The van der Waals surface area contributed by atoms with E-state index in [-0.39, 0.29) is 29.0 Å². The molecule has 0 spiro atoms. The number of carboxylic acids is 1. The van der Waals surface area contributed by atoms with Crippen LogP contribution in [0.5, 0.6) is 0 Å². The lowest BCUT2D eigenvalue weighted by atomic mass is 10.2. The van der Waals surface area contributed by atoms with Gasteiger partial charge in [-0.3, -0.25) is 4.79 Å². The number of nitrogen functional groups attached to an aromatic ring is 1. The SMILES string of the molecule is CCO/N=C(\C(=O)NC1NC(C(=O)O)=C(Sc2nc(-c3cc[n+](C)cc3)cs2)CS1)c1nsc(N)n1. The van der Waals surface area contributed by atoms with Crippen LogP contribution in [-0.4, -0.2) is 54.9 Å². The van der Waals surface area contributed by atoms with Crippen LogP contribution in [0.2, 0.25) is 0 Å². The molecule has 4 rings (SSSR count). The number of aromatic nitrogens is 4. The van der Waals surface area contributed by atoms with Gasteiger partial charge in [-0.15, -0.1) is 23.1 Å². The van der Waals surface area contributed by atoms with Gasteiger partial charge in [-0.2, -0.15) is 9.36 Å². The number of nitrogens with two attached hydrogens (primary N) is 1. The number of anilines is 1. The van der Waals surface area contributed by atoms with E-state index in [1.54, 1.807) is 6.92 Å². The number of rotatable bonds is 9. The molecular formula is C20H21N8O4S4+. The maximum Gasteiger partial charge on any atom is 0.352 e. The molecule has 36 heavy (non-hydrogen) atoms. The second-order valence-corrected chi connectivity index (χ2v) is 11.2. The highest BCUT2D eigenvalue weighted by Gasteiger charge is 2.30. The quantitative estimate of drug-likeness (QED) is 0.169. The van der Waals surface area contributed by atoms with Gasteiger partial charge in [0.1, 0.15) is 24.8 Å². The van der Waals surface area contributed by atoms with Gasteiger partial charge in [0.2, 0.25) is 11.5 Å². The molecule has 3 aromatic heterocycles. The fraction of sp³-hybridized carbons (Fsp3) is 0.250. The molecule has 0 saturated carbocycles. The van der Waals surface area contributed by atoms with E-state index in [2.05, 4.69) is 30.1 Å². The Labute approximate surface area is 222 Å². The van der Waals surface area contributed by atoms with Gasteiger partial charge < -0.3 is 26.3 Å². The van der Waals surface area contributed by atoms with Gasteiger partial charge in [0.05, 0.1) is 5.69 Å². The number of pyridine rings is 1. The van der Waals surface area contributed by atoms with Crippen LogP contribution < -0.4 is 20.9 Å². The number of amides is 1. The number of carbonyl (C=O) groups is 2. The van der Waals surface area contributed by atoms with Crippen LogP contribution in [-0.2, 0) is 21.5 Å². The van der Waals surface area contributed by atoms with Gasteiger partial charge in [0.25, 0.3) is 5.91 Å². The van der Waals surface area contributed by atoms with E-state index in [4.69, 9.17) is 10.6 Å². The highest BCUT2D eigenvalue weighted by molar-refractivity contribution is 8.07. The maximum atomic E-state index is 12.9. The second kappa shape index (κ2) is 11.7. The van der Waals surface area contributed by atoms with Crippen LogP contribution in [0.1, 0.15) is 12.7 Å². The molecule has 1 aliphatic heterocycles. The standard InChI is InChI=1S/C20H20N8O4S4/c1-3-32-26-14(15-24-18(21)36-27-15)16(29)25-19-23-13(17(30)31)12(9-33-19)35-20-22-11(8-34-20)10-4-6-28(2)7-5-10/h4-8,19,23H,3,9H2,1-2H3,(H3-,21,24,25,27,29,30,31)/p+1/b26-14-. The van der Waals surface area contributed by atoms with E-state index in [0.717, 1.165) is 27.1 Å². The van der Waals surface area contributed by atoms with Gasteiger partial charge >= 0.3 is 5.97 Å². The Balaban J connectivity index is 1.47. The van der Waals surface area contributed by atoms with Gasteiger partial charge in [0, 0.05) is 45.3 Å². The number of nitrogens with zero attached hydrogens (tertiary/aromatic N) is 5. The first kappa shape index (κ1) is 25.9. The molecule has 0 aromatic carbocycles. The normalized spacial score (nSPS) is 15.9. The van der Waals surface area contributed by atoms with Crippen molar-refractivity contribution >= 4 is 69.1 Å². The summed E-state index contributed by atoms with van der Waals surface area (Å²) in [7, 11) is 1.94. The number of thioether (sulfide) groups is 2. The Morgan fingerprint density at radius 3 is 2.83 bits per heavy atom. The van der Waals surface area contributed by atoms with E-state index in [1.165, 1.54) is 34.9 Å². The molecule has 1 unspecified atom stereocenters. The zero-order valence-corrected chi connectivity index (χ0v) is 22.3. The third kappa shape index (κ3) is 6.31. The first-order chi connectivity index (χ1) is 17.3. The van der Waals surface area contributed by atoms with Crippen molar-refractivity contribution in [1.82, 2.24) is 25.0 Å². The van der Waals surface area contributed by atoms with Crippen LogP contribution in [0.3, 0.4) is 0 Å². The fourth-order valence-electron chi connectivity index (χ4n) is 2.87. The fourth-order valence-corrected chi connectivity index (χ4v) is 6.39. The Morgan fingerprint density at radius 2 is 2.17 bits per heavy atom. The monoisotopic (exact) mass is 565 g/mol. The largest absolute Gasteiger partial charge is 0.477 e. The zero-order valence-electron chi connectivity index (χ0n) is 19.0. The number of nitrogens with one attached hydrogen (secondary N) is 2. The first-order valence-corrected chi connectivity index (χ1v) is 13.9. The summed E-state index contributed by atoms with van der Waals surface area (Å²) < 4.78 is 6.66. The average Bonchev–Trinajstić information content (AvgIpc) is 3.50. The van der Waals surface area contributed by atoms with E-state index >= 15 is 0 Å². The average molecular weight is 566 g/mol. The van der Waals surface area contributed by atoms with E-state index in [9.17, 15) is 14.7 Å². The number of aryl methyl sites for hydroxylation is 1. The Kier molecular flexibility index (Phi) is 8.40. The number of carbonyl (C=O) groups excluding carboxylic acids is 1. The Hall–Kier alpha value is -3.21. The summed E-state index contributed by atoms with van der Waals surface area (Å²) >= 11 is 4.96. The molecule has 0 aliphatic carbocycles. The molecule has 3 aromatic rings. The lowest BCUT2D eigenvalue weighted by Gasteiger charge is -2.27. The van der Waals surface area contributed by atoms with Crippen molar-refractivity contribution in [3.63, 3.8) is 0 Å². The lowest BCUT2D eigenvalue weighted by molar-refractivity contribution is -0.671. The smallest absolute Gasteiger partial charge is 0.352 e. The van der Waals surface area contributed by atoms with Crippen LogP contribution in [0.25, 0.3) is 11.3 Å². The molecule has 12 nitrogen and oxygen atoms in total. The van der Waals surface area contributed by atoms with Gasteiger partial charge in [-0.05, 0) is 6.92 Å². The topological polar surface area (TPSA) is 169 Å². The van der Waals surface area contributed by atoms with Gasteiger partial charge in [0.15, 0.2) is 21.9 Å². The van der Waals surface area contributed by atoms with Crippen molar-refractivity contribution in [3.8, 4) is 11.3 Å². The van der Waals surface area contributed by atoms with Crippen LogP contribution in [0, 0.1) is 0 Å². The maximum absolute atomic E-state index is 12.9. The molecular weight excluding hydrogens is 545 g/mol. The van der Waals surface area contributed by atoms with Crippen molar-refractivity contribution in [2.75, 3.05) is 18.1 Å². The minimum absolute atomic E-state index is 0.00754. The summed E-state index contributed by atoms with van der Waals surface area (Å²) in [6, 6.07) is 3.94. The highest BCUT2D eigenvalue weighted by Crippen LogP contribution is 2.37. The second-order valence-electron chi connectivity index (χ2n) is 7.08. The molecule has 1 aliphatic rings. The third-order valence-corrected chi connectivity index (χ3v) is 8.32. The number of hydrogen-bond acceptors (Lipinski definition) is 13. The molecule has 4 heterocycles. The van der Waals surface area contributed by atoms with E-state index < -0.39 is 17.4 Å². The molecule has 0 bridgehead atoms. The number of oxime groups is 1. The Bertz CT molecular complexity index is 1320. The molecule has 0 fully saturated rings. The Morgan fingerprint density at radius 1 is 1.39 bits per heavy atom. The summed E-state index contributed by atoms with van der Waals surface area (Å²) in [5.41, 5.74) is 6.53. The molecule has 1 amide bonds. The summed E-state index contributed by atoms with van der Waals surface area (Å²) in [5, 5.41) is 21.3. The predicted molar refractivity (Wildman–Crippen MR) is 139 cm³/mol. The number of thiazole rings is 1. The molecule has 1 atom stereocenters. The summed E-state index contributed by atoms with van der Waals surface area (Å²) in [4.78, 5) is 39.1. The number of carboxylic acid groups (broad SMARTS) is 1. The molecule has 188 valence electrons. The van der Waals surface area contributed by atoms with Crippen molar-refractivity contribution in [1.29, 1.82) is 0 Å². The molecule has 16 heteroatoms. The lowest BCUT2D eigenvalue weighted by Crippen LogP contribution is -2.49. The van der Waals surface area contributed by atoms with Crippen LogP contribution >= 0.6 is 46.4 Å². The van der Waals surface area contributed by atoms with Crippen molar-refractivity contribution in [2.45, 2.75) is 16.8 Å². The first-order valence-electron chi connectivity index (χ1n) is 10.4. The minimum Gasteiger partial charge on any atom is -0.477 e. The van der Waals surface area contributed by atoms with Crippen LogP contribution in [0.15, 0.2) is 50.0 Å². The highest BCUT2D eigenvalue weighted by atomic mass is 32.2. The van der Waals surface area contributed by atoms with E-state index in [0.29, 0.717) is 10.7 Å². The van der Waals surface area contributed by atoms with Crippen molar-refractivity contribution in [2.24, 2.45) is 12.2 Å². The van der Waals surface area contributed by atoms with E-state index in [1.807, 2.05) is 41.5 Å². The molecule has 0 radical (unpaired) electrons. The van der Waals surface area contributed by atoms with Gasteiger partial charge in [-0.25, -0.2) is 14.3 Å². The number of aliphatic carboxylic acids is 1. The van der Waals surface area contributed by atoms with Crippen LogP contribution in [0.4, 0.5) is 5.13 Å². The molecule has 0 saturated heterocycles. The summed E-state index contributed by atoms with van der Waals surface area (Å²) in [6.45, 7) is 1.95. The number of hydrogen-bond donors (Lipinski definition) is 4. The predicted octanol–water partition coefficient (Wildman–Crippen LogP) is 1.63. The van der Waals surface area contributed by atoms with Gasteiger partial charge in [-0.1, -0.05) is 16.9 Å². The third-order valence-electron chi connectivity index (χ3n) is 4.53. The summed E-state index contributed by atoms with van der Waals surface area (Å²) in [5.74, 6) is -1.39. The minimum atomic E-state index is -1.14. The zero-order chi connectivity index (χ0) is 25.7. The summed E-state index contributed by atoms with van der Waals surface area (Å²) in [6.07, 6.45) is 3.87. The molecule has 5 N–H and O–H groups in total. The van der Waals surface area contributed by atoms with Crippen molar-refractivity contribution < 1.29 is 24.1 Å². The van der Waals surface area contributed by atoms with Crippen molar-refractivity contribution in [3.05, 3.63) is 46.3 Å².